The van der Waals surface area contributed by atoms with E-state index in [0.717, 1.165) is 55.2 Å². The third-order valence-corrected chi connectivity index (χ3v) is 12.2. The highest BCUT2D eigenvalue weighted by molar-refractivity contribution is 7.48. The molecule has 2 aromatic heterocycles. The molecule has 0 spiro atoms. The molecule has 0 saturated heterocycles. The minimum Gasteiger partial charge on any atom is -0.394 e. The van der Waals surface area contributed by atoms with Gasteiger partial charge in [-0.3, -0.25) is 4.89 Å². The fourth-order valence-corrected chi connectivity index (χ4v) is 9.40. The lowest BCUT2D eigenvalue weighted by molar-refractivity contribution is 0.295. The molecule has 11 heteroatoms. The number of benzene rings is 6. The Morgan fingerprint density at radius 1 is 0.525 bits per heavy atom. The number of aromatic nitrogens is 6. The van der Waals surface area contributed by atoms with Crippen LogP contribution in [0, 0.1) is 0 Å². The van der Waals surface area contributed by atoms with E-state index < -0.39 is 7.82 Å². The number of phosphoric acid groups is 1. The number of nitrogens with zero attached hydrogens (tertiary/aromatic N) is 6. The second kappa shape index (κ2) is 14.6. The Balaban J connectivity index is 1.32. The van der Waals surface area contributed by atoms with Crippen molar-refractivity contribution in [3.8, 4) is 56.5 Å². The molecule has 1 aliphatic rings. The average Bonchev–Trinajstić information content (AvgIpc) is 3.88. The van der Waals surface area contributed by atoms with Crippen LogP contribution in [0.5, 0.6) is 11.5 Å². The van der Waals surface area contributed by atoms with Gasteiger partial charge in [0.05, 0.1) is 23.8 Å². The quantitative estimate of drug-likeness (QED) is 0.151. The van der Waals surface area contributed by atoms with E-state index in [1.165, 1.54) is 0 Å². The monoisotopic (exact) mass is 802 g/mol. The van der Waals surface area contributed by atoms with Gasteiger partial charge in [-0.2, -0.15) is 0 Å². The fraction of sp³-hybridized carbons (Fsp3) is 0.250. The van der Waals surface area contributed by atoms with E-state index in [4.69, 9.17) is 19.2 Å². The Labute approximate surface area is 344 Å². The van der Waals surface area contributed by atoms with Crippen LogP contribution in [0.25, 0.3) is 66.6 Å². The van der Waals surface area contributed by atoms with Crippen LogP contribution in [0.15, 0.2) is 109 Å². The van der Waals surface area contributed by atoms with Crippen molar-refractivity contribution in [2.45, 2.75) is 79.1 Å². The van der Waals surface area contributed by atoms with Crippen LogP contribution in [-0.2, 0) is 4.57 Å². The van der Waals surface area contributed by atoms with Gasteiger partial charge in [0.2, 0.25) is 0 Å². The Morgan fingerprint density at radius 3 is 1.24 bits per heavy atom. The highest BCUT2D eigenvalue weighted by atomic mass is 31.2. The van der Waals surface area contributed by atoms with E-state index in [1.54, 1.807) is 0 Å². The predicted molar refractivity (Wildman–Crippen MR) is 235 cm³/mol. The smallest absolute Gasteiger partial charge is 0.394 e. The lowest BCUT2D eigenvalue weighted by Gasteiger charge is -2.19. The van der Waals surface area contributed by atoms with Crippen LogP contribution in [-0.4, -0.2) is 34.9 Å². The minimum absolute atomic E-state index is 0.181. The molecule has 0 atom stereocenters. The summed E-state index contributed by atoms with van der Waals surface area (Å²) in [6, 6.07) is 32.5. The van der Waals surface area contributed by atoms with Crippen molar-refractivity contribution in [3.63, 3.8) is 0 Å². The molecule has 3 heterocycles. The van der Waals surface area contributed by atoms with Crippen LogP contribution in [0.1, 0.15) is 101 Å². The van der Waals surface area contributed by atoms with Crippen molar-refractivity contribution in [2.75, 3.05) is 0 Å². The largest absolute Gasteiger partial charge is 0.584 e. The number of rotatable bonds is 8. The van der Waals surface area contributed by atoms with E-state index in [1.807, 2.05) is 82.4 Å². The van der Waals surface area contributed by atoms with E-state index in [-0.39, 0.29) is 35.2 Å². The maximum Gasteiger partial charge on any atom is 0.584 e. The maximum absolute atomic E-state index is 14.4. The zero-order valence-corrected chi connectivity index (χ0v) is 35.4. The Bertz CT molecular complexity index is 2730. The van der Waals surface area contributed by atoms with Gasteiger partial charge in [0.15, 0.2) is 11.5 Å². The van der Waals surface area contributed by atoms with Crippen molar-refractivity contribution in [3.05, 3.63) is 132 Å². The first-order valence-corrected chi connectivity index (χ1v) is 21.8. The molecule has 0 fully saturated rings. The third-order valence-electron chi connectivity index (χ3n) is 11.3. The van der Waals surface area contributed by atoms with E-state index >= 15 is 0 Å². The number of para-hydroxylation sites is 2. The van der Waals surface area contributed by atoms with Crippen LogP contribution >= 0.6 is 7.82 Å². The minimum atomic E-state index is -4.84. The van der Waals surface area contributed by atoms with Gasteiger partial charge in [-0.25, -0.2) is 13.9 Å². The molecule has 0 bridgehead atoms. The van der Waals surface area contributed by atoms with Gasteiger partial charge < -0.3 is 9.05 Å². The van der Waals surface area contributed by atoms with E-state index in [9.17, 15) is 9.46 Å². The van der Waals surface area contributed by atoms with Gasteiger partial charge >= 0.3 is 7.82 Å². The third kappa shape index (κ3) is 6.61. The molecule has 8 aromatic rings. The summed E-state index contributed by atoms with van der Waals surface area (Å²) < 4.78 is 30.5. The molecule has 0 aliphatic carbocycles. The summed E-state index contributed by atoms with van der Waals surface area (Å²) in [5, 5.41) is 22.2. The van der Waals surface area contributed by atoms with Gasteiger partial charge in [-0.05, 0) is 79.6 Å². The first-order valence-electron chi connectivity index (χ1n) is 20.3. The summed E-state index contributed by atoms with van der Waals surface area (Å²) in [5.74, 6) is 1.29. The van der Waals surface area contributed by atoms with Gasteiger partial charge in [0, 0.05) is 22.3 Å². The molecule has 1 N–H and O–H groups in total. The van der Waals surface area contributed by atoms with Gasteiger partial charge in [-0.15, -0.1) is 10.2 Å². The number of hydrogen-bond acceptors (Lipinski definition) is 7. The van der Waals surface area contributed by atoms with Crippen LogP contribution < -0.4 is 9.05 Å². The first-order chi connectivity index (χ1) is 28.3. The average molecular weight is 803 g/mol. The summed E-state index contributed by atoms with van der Waals surface area (Å²) in [6.45, 7) is 17.3. The molecule has 9 rings (SSSR count). The van der Waals surface area contributed by atoms with Gasteiger partial charge in [-0.1, -0.05) is 151 Å². The first kappa shape index (κ1) is 38.4. The number of fused-ring (bicyclic) bond motifs is 7. The molecule has 1 aliphatic heterocycles. The normalized spacial score (nSPS) is 13.6. The summed E-state index contributed by atoms with van der Waals surface area (Å²) in [6.07, 6.45) is 3.76. The SMILES string of the molecule is CC(C)c1cccc(C(C)C)c1-n1cc(-c2cc3ccccc3c3c2OP(=O)(O)Oc2c(-c4cn(-c5c(C(C)C)cccc5C(C)C)nn4)cc4ccccc4c2-3)nn1. The number of phosphoric ester groups is 1. The Morgan fingerprint density at radius 2 is 0.881 bits per heavy atom. The van der Waals surface area contributed by atoms with E-state index in [0.29, 0.717) is 33.6 Å². The van der Waals surface area contributed by atoms with Gasteiger partial charge in [0.25, 0.3) is 0 Å². The molecule has 59 heavy (non-hydrogen) atoms. The number of hydrogen-bond donors (Lipinski definition) is 1. The van der Waals surface area contributed by atoms with Crippen LogP contribution in [0.2, 0.25) is 0 Å². The molecule has 0 unspecified atom stereocenters. The Hall–Kier alpha value is -6.09. The Kier molecular flexibility index (Phi) is 9.53. The lowest BCUT2D eigenvalue weighted by Crippen LogP contribution is -2.07. The predicted octanol–water partition coefficient (Wildman–Crippen LogP) is 12.5. The van der Waals surface area contributed by atoms with Gasteiger partial charge in [0.1, 0.15) is 11.4 Å². The molecular formula is C48H47N6O4P. The second-order valence-electron chi connectivity index (χ2n) is 16.6. The van der Waals surface area contributed by atoms with Crippen molar-refractivity contribution in [1.82, 2.24) is 30.0 Å². The van der Waals surface area contributed by atoms with Crippen molar-refractivity contribution < 1.29 is 18.5 Å². The van der Waals surface area contributed by atoms with Crippen LogP contribution in [0.3, 0.4) is 0 Å². The topological polar surface area (TPSA) is 117 Å². The molecule has 0 amide bonds. The van der Waals surface area contributed by atoms with Crippen molar-refractivity contribution >= 4 is 29.4 Å². The zero-order chi connectivity index (χ0) is 41.3. The molecule has 0 saturated carbocycles. The summed E-state index contributed by atoms with van der Waals surface area (Å²) in [7, 11) is -4.84. The maximum atomic E-state index is 14.4. The summed E-state index contributed by atoms with van der Waals surface area (Å²) in [5.41, 5.74) is 9.74. The van der Waals surface area contributed by atoms with E-state index in [2.05, 4.69) is 102 Å². The van der Waals surface area contributed by atoms with Crippen molar-refractivity contribution in [2.24, 2.45) is 0 Å². The molecule has 0 radical (unpaired) electrons. The van der Waals surface area contributed by atoms with Crippen LogP contribution in [0.4, 0.5) is 0 Å². The zero-order valence-electron chi connectivity index (χ0n) is 34.5. The van der Waals surface area contributed by atoms with Crippen molar-refractivity contribution in [1.29, 1.82) is 0 Å². The highest BCUT2D eigenvalue weighted by Crippen LogP contribution is 2.61. The fourth-order valence-electron chi connectivity index (χ4n) is 8.52. The lowest BCUT2D eigenvalue weighted by atomic mass is 9.88. The summed E-state index contributed by atoms with van der Waals surface area (Å²) >= 11 is 0. The standard InChI is InChI=1S/C48H47N6O4P/c1-27(2)33-19-13-20-34(28(3)4)45(33)53-25-41(49-51-53)39-23-31-15-9-11-17-37(31)43-44-38-18-12-10-16-32(38)24-40(48(44)58-59(55,56)57-47(39)43)42-26-54(52-50-42)46-35(29(5)6)21-14-22-36(46)30(7)8/h9-30H,1-8H3,(H,55,56). The highest BCUT2D eigenvalue weighted by Gasteiger charge is 2.38. The molecule has 10 nitrogen and oxygen atoms in total. The molecule has 6 aromatic carbocycles. The molecule has 298 valence electrons. The molecular weight excluding hydrogens is 756 g/mol. The summed E-state index contributed by atoms with van der Waals surface area (Å²) in [4.78, 5) is 11.7. The second-order valence-corrected chi connectivity index (χ2v) is 17.9.